The molecule has 2 N–H and O–H groups in total. The van der Waals surface area contributed by atoms with E-state index >= 15 is 0 Å². The summed E-state index contributed by atoms with van der Waals surface area (Å²) in [5.41, 5.74) is 0. The number of hydrogen-bond acceptors (Lipinski definition) is 2. The van der Waals surface area contributed by atoms with Crippen LogP contribution < -0.4 is 10.6 Å². The Morgan fingerprint density at radius 1 is 1.14 bits per heavy atom. The maximum Gasteiger partial charge on any atom is 0.223 e. The van der Waals surface area contributed by atoms with Crippen LogP contribution in [0.3, 0.4) is 0 Å². The van der Waals surface area contributed by atoms with Gasteiger partial charge in [-0.2, -0.15) is 0 Å². The number of amides is 1. The lowest BCUT2D eigenvalue weighted by atomic mass is 9.82. The van der Waals surface area contributed by atoms with Crippen LogP contribution in [-0.2, 0) is 4.79 Å². The molecule has 1 aliphatic heterocycles. The molecule has 1 saturated carbocycles. The van der Waals surface area contributed by atoms with Crippen LogP contribution in [0.25, 0.3) is 0 Å². The minimum Gasteiger partial charge on any atom is -0.356 e. The molecule has 21 heavy (non-hydrogen) atoms. The van der Waals surface area contributed by atoms with Crippen LogP contribution in [0.15, 0.2) is 0 Å². The molecule has 1 heterocycles. The Hall–Kier alpha value is -0.570. The zero-order valence-corrected chi connectivity index (χ0v) is 13.8. The van der Waals surface area contributed by atoms with Crippen molar-refractivity contribution in [3.8, 4) is 0 Å². The normalized spacial score (nSPS) is 25.5. The first-order chi connectivity index (χ1) is 10.3. The number of rotatable bonds is 7. The molecular weight excluding hydrogens is 260 g/mol. The SMILES string of the molecule is CCC(CC1CCCCC1)C(=O)NCCC1CCCNC1. The van der Waals surface area contributed by atoms with Crippen molar-refractivity contribution in [2.75, 3.05) is 19.6 Å². The van der Waals surface area contributed by atoms with Crippen molar-refractivity contribution >= 4 is 5.91 Å². The van der Waals surface area contributed by atoms with Crippen molar-refractivity contribution in [2.24, 2.45) is 17.8 Å². The Labute approximate surface area is 130 Å². The van der Waals surface area contributed by atoms with Gasteiger partial charge in [0.25, 0.3) is 0 Å². The molecule has 1 amide bonds. The molecule has 0 aromatic carbocycles. The highest BCUT2D eigenvalue weighted by molar-refractivity contribution is 5.78. The van der Waals surface area contributed by atoms with E-state index in [1.807, 2.05) is 0 Å². The van der Waals surface area contributed by atoms with E-state index < -0.39 is 0 Å². The van der Waals surface area contributed by atoms with Gasteiger partial charge < -0.3 is 10.6 Å². The summed E-state index contributed by atoms with van der Waals surface area (Å²) in [7, 11) is 0. The molecule has 2 fully saturated rings. The first-order valence-corrected chi connectivity index (χ1v) is 9.28. The van der Waals surface area contributed by atoms with Crippen LogP contribution in [0.2, 0.25) is 0 Å². The summed E-state index contributed by atoms with van der Waals surface area (Å²) in [6, 6.07) is 0. The van der Waals surface area contributed by atoms with Crippen molar-refractivity contribution in [1.82, 2.24) is 10.6 Å². The summed E-state index contributed by atoms with van der Waals surface area (Å²) in [6.45, 7) is 5.34. The smallest absolute Gasteiger partial charge is 0.223 e. The Morgan fingerprint density at radius 2 is 1.90 bits per heavy atom. The fourth-order valence-electron chi connectivity index (χ4n) is 4.00. The zero-order chi connectivity index (χ0) is 14.9. The van der Waals surface area contributed by atoms with Crippen LogP contribution in [-0.4, -0.2) is 25.5 Å². The van der Waals surface area contributed by atoms with E-state index in [9.17, 15) is 4.79 Å². The second kappa shape index (κ2) is 9.45. The molecule has 0 spiro atoms. The van der Waals surface area contributed by atoms with Gasteiger partial charge in [-0.15, -0.1) is 0 Å². The lowest BCUT2D eigenvalue weighted by Gasteiger charge is -2.26. The maximum absolute atomic E-state index is 12.4. The van der Waals surface area contributed by atoms with Crippen molar-refractivity contribution in [3.63, 3.8) is 0 Å². The summed E-state index contributed by atoms with van der Waals surface area (Å²) >= 11 is 0. The van der Waals surface area contributed by atoms with Crippen molar-refractivity contribution < 1.29 is 4.79 Å². The lowest BCUT2D eigenvalue weighted by Crippen LogP contribution is -2.36. The molecule has 2 rings (SSSR count). The number of carbonyl (C=O) groups is 1. The van der Waals surface area contributed by atoms with Gasteiger partial charge in [0.15, 0.2) is 0 Å². The van der Waals surface area contributed by atoms with E-state index in [0.29, 0.717) is 5.91 Å². The first-order valence-electron chi connectivity index (χ1n) is 9.28. The Kier molecular flexibility index (Phi) is 7.56. The van der Waals surface area contributed by atoms with E-state index in [2.05, 4.69) is 17.6 Å². The molecule has 3 heteroatoms. The van der Waals surface area contributed by atoms with Gasteiger partial charge >= 0.3 is 0 Å². The third-order valence-electron chi connectivity index (χ3n) is 5.46. The molecule has 2 aliphatic rings. The predicted molar refractivity (Wildman–Crippen MR) is 88.2 cm³/mol. The molecule has 0 bridgehead atoms. The summed E-state index contributed by atoms with van der Waals surface area (Å²) in [4.78, 5) is 12.4. The molecule has 1 aliphatic carbocycles. The third-order valence-corrected chi connectivity index (χ3v) is 5.46. The van der Waals surface area contributed by atoms with Gasteiger partial charge in [0.2, 0.25) is 5.91 Å². The minimum atomic E-state index is 0.248. The Morgan fingerprint density at radius 3 is 2.57 bits per heavy atom. The van der Waals surface area contributed by atoms with Crippen LogP contribution in [0.1, 0.15) is 71.1 Å². The third kappa shape index (κ3) is 5.98. The molecule has 0 aromatic rings. The average Bonchev–Trinajstić information content (AvgIpc) is 2.54. The molecule has 3 nitrogen and oxygen atoms in total. The van der Waals surface area contributed by atoms with Gasteiger partial charge in [-0.25, -0.2) is 0 Å². The number of hydrogen-bond donors (Lipinski definition) is 2. The van der Waals surface area contributed by atoms with E-state index in [1.54, 1.807) is 0 Å². The van der Waals surface area contributed by atoms with Crippen molar-refractivity contribution in [3.05, 3.63) is 0 Å². The molecule has 0 radical (unpaired) electrons. The minimum absolute atomic E-state index is 0.248. The fraction of sp³-hybridized carbons (Fsp3) is 0.944. The van der Waals surface area contributed by atoms with Crippen molar-refractivity contribution in [1.29, 1.82) is 0 Å². The van der Waals surface area contributed by atoms with Gasteiger partial charge in [0.1, 0.15) is 0 Å². The van der Waals surface area contributed by atoms with Gasteiger partial charge in [0, 0.05) is 12.5 Å². The predicted octanol–water partition coefficient (Wildman–Crippen LogP) is 3.49. The van der Waals surface area contributed by atoms with Crippen LogP contribution >= 0.6 is 0 Å². The largest absolute Gasteiger partial charge is 0.356 e. The van der Waals surface area contributed by atoms with E-state index in [1.165, 1.54) is 51.5 Å². The average molecular weight is 294 g/mol. The van der Waals surface area contributed by atoms with Crippen LogP contribution in [0.4, 0.5) is 0 Å². The molecule has 1 saturated heterocycles. The molecule has 2 unspecified atom stereocenters. The van der Waals surface area contributed by atoms with Gasteiger partial charge in [-0.1, -0.05) is 39.0 Å². The quantitative estimate of drug-likeness (QED) is 0.754. The number of carbonyl (C=O) groups excluding carboxylic acids is 1. The Bertz CT molecular complexity index is 294. The van der Waals surface area contributed by atoms with Gasteiger partial charge in [-0.3, -0.25) is 4.79 Å². The summed E-state index contributed by atoms with van der Waals surface area (Å²) in [5.74, 6) is 2.12. The van der Waals surface area contributed by atoms with E-state index in [-0.39, 0.29) is 5.92 Å². The second-order valence-electron chi connectivity index (χ2n) is 7.14. The zero-order valence-electron chi connectivity index (χ0n) is 13.8. The summed E-state index contributed by atoms with van der Waals surface area (Å²) < 4.78 is 0. The number of piperidine rings is 1. The first kappa shape index (κ1) is 16.8. The molecule has 0 aromatic heterocycles. The molecule has 2 atom stereocenters. The van der Waals surface area contributed by atoms with Crippen molar-refractivity contribution in [2.45, 2.75) is 71.1 Å². The van der Waals surface area contributed by atoms with E-state index in [4.69, 9.17) is 0 Å². The van der Waals surface area contributed by atoms with Crippen LogP contribution in [0.5, 0.6) is 0 Å². The molecular formula is C18H34N2O. The fourth-order valence-corrected chi connectivity index (χ4v) is 4.00. The maximum atomic E-state index is 12.4. The Balaban J connectivity index is 1.64. The standard InChI is InChI=1S/C18H34N2O/c1-2-17(13-15-7-4-3-5-8-15)18(21)20-12-10-16-9-6-11-19-14-16/h15-17,19H,2-14H2,1H3,(H,20,21). The highest BCUT2D eigenvalue weighted by Crippen LogP contribution is 2.30. The summed E-state index contributed by atoms with van der Waals surface area (Å²) in [6.07, 6.45) is 12.7. The van der Waals surface area contributed by atoms with E-state index in [0.717, 1.165) is 44.2 Å². The van der Waals surface area contributed by atoms with Gasteiger partial charge in [0.05, 0.1) is 0 Å². The molecule has 122 valence electrons. The highest BCUT2D eigenvalue weighted by Gasteiger charge is 2.23. The van der Waals surface area contributed by atoms with Crippen LogP contribution in [0, 0.1) is 17.8 Å². The topological polar surface area (TPSA) is 41.1 Å². The number of nitrogens with one attached hydrogen (secondary N) is 2. The summed E-state index contributed by atoms with van der Waals surface area (Å²) in [5, 5.41) is 6.65. The lowest BCUT2D eigenvalue weighted by molar-refractivity contribution is -0.125. The second-order valence-corrected chi connectivity index (χ2v) is 7.14. The van der Waals surface area contributed by atoms with Gasteiger partial charge in [-0.05, 0) is 57.0 Å². The highest BCUT2D eigenvalue weighted by atomic mass is 16.1. The monoisotopic (exact) mass is 294 g/mol.